The van der Waals surface area contributed by atoms with E-state index in [2.05, 4.69) is 15.4 Å². The molecule has 0 radical (unpaired) electrons. The first kappa shape index (κ1) is 27.5. The first-order chi connectivity index (χ1) is 17.8. The number of nitrogens with two attached hydrogens (primary N) is 1. The van der Waals surface area contributed by atoms with E-state index >= 15 is 0 Å². The summed E-state index contributed by atoms with van der Waals surface area (Å²) < 4.78 is 35.0. The largest absolute Gasteiger partial charge is 0.385 e. The van der Waals surface area contributed by atoms with Gasteiger partial charge < -0.3 is 19.9 Å². The van der Waals surface area contributed by atoms with Crippen LogP contribution in [0.4, 0.5) is 0 Å². The van der Waals surface area contributed by atoms with Crippen LogP contribution in [0.1, 0.15) is 37.4 Å². The molecule has 1 aromatic heterocycles. The highest BCUT2D eigenvalue weighted by Gasteiger charge is 2.29. The fraction of sp³-hybridized carbons (Fsp3) is 0.462. The molecule has 0 unspecified atom stereocenters. The number of aryl methyl sites for hydroxylation is 1. The molecule has 2 atom stereocenters. The third-order valence-electron chi connectivity index (χ3n) is 6.65. The molecule has 200 valence electrons. The van der Waals surface area contributed by atoms with E-state index in [9.17, 15) is 13.2 Å². The summed E-state index contributed by atoms with van der Waals surface area (Å²) in [4.78, 5) is 20.0. The smallest absolute Gasteiger partial charge is 0.240 e. The lowest BCUT2D eigenvalue weighted by Gasteiger charge is -2.33. The lowest BCUT2D eigenvalue weighted by Crippen LogP contribution is -2.45. The molecule has 0 bridgehead atoms. The SMILES string of the molecule is COCCCn1c([C@@H]2CCCN(C(=O)C[C@H](N)CNS(=O)(=O)c3ccc(Cl)cc3)C2)nc2ccccc21. The fourth-order valence-corrected chi connectivity index (χ4v) is 5.98. The number of amides is 1. The van der Waals surface area contributed by atoms with Gasteiger partial charge in [-0.05, 0) is 55.7 Å². The van der Waals surface area contributed by atoms with Gasteiger partial charge >= 0.3 is 0 Å². The van der Waals surface area contributed by atoms with Gasteiger partial charge in [0.15, 0.2) is 0 Å². The summed E-state index contributed by atoms with van der Waals surface area (Å²) in [5.74, 6) is 1.03. The predicted molar refractivity (Wildman–Crippen MR) is 144 cm³/mol. The molecule has 1 amide bonds. The maximum Gasteiger partial charge on any atom is 0.240 e. The molecule has 0 spiro atoms. The first-order valence-corrected chi connectivity index (χ1v) is 14.4. The van der Waals surface area contributed by atoms with E-state index in [-0.39, 0.29) is 29.7 Å². The third kappa shape index (κ3) is 6.88. The second kappa shape index (κ2) is 12.4. The van der Waals surface area contributed by atoms with Gasteiger partial charge in [0.2, 0.25) is 15.9 Å². The number of rotatable bonds is 11. The number of methoxy groups -OCH3 is 1. The molecule has 1 aliphatic rings. The molecule has 1 saturated heterocycles. The number of imidazole rings is 1. The molecule has 0 aliphatic carbocycles. The van der Waals surface area contributed by atoms with E-state index in [1.807, 2.05) is 23.1 Å². The Morgan fingerprint density at radius 3 is 2.76 bits per heavy atom. The van der Waals surface area contributed by atoms with Crippen molar-refractivity contribution in [1.29, 1.82) is 0 Å². The number of ether oxygens (including phenoxy) is 1. The van der Waals surface area contributed by atoms with Gasteiger partial charge in [0, 0.05) is 63.3 Å². The number of sulfonamides is 1. The van der Waals surface area contributed by atoms with Crippen LogP contribution in [-0.2, 0) is 26.1 Å². The Morgan fingerprint density at radius 2 is 2.00 bits per heavy atom. The number of carbonyl (C=O) groups excluding carboxylic acids is 1. The van der Waals surface area contributed by atoms with Gasteiger partial charge in [0.1, 0.15) is 5.82 Å². The van der Waals surface area contributed by atoms with Crippen molar-refractivity contribution in [2.75, 3.05) is 33.4 Å². The van der Waals surface area contributed by atoms with Crippen molar-refractivity contribution in [2.45, 2.75) is 49.1 Å². The molecule has 9 nitrogen and oxygen atoms in total. The first-order valence-electron chi connectivity index (χ1n) is 12.5. The highest BCUT2D eigenvalue weighted by atomic mass is 35.5. The molecule has 3 N–H and O–H groups in total. The summed E-state index contributed by atoms with van der Waals surface area (Å²) in [6, 6.07) is 13.3. The number of aromatic nitrogens is 2. The zero-order valence-corrected chi connectivity index (χ0v) is 22.5. The molecule has 2 heterocycles. The molecular formula is C26H34ClN5O4S. The summed E-state index contributed by atoms with van der Waals surface area (Å²) in [5, 5.41) is 0.451. The second-order valence-electron chi connectivity index (χ2n) is 9.41. The van der Waals surface area contributed by atoms with Crippen molar-refractivity contribution < 1.29 is 17.9 Å². The van der Waals surface area contributed by atoms with Crippen LogP contribution in [0.5, 0.6) is 0 Å². The van der Waals surface area contributed by atoms with Crippen LogP contribution >= 0.6 is 11.6 Å². The molecule has 3 aromatic rings. The zero-order valence-electron chi connectivity index (χ0n) is 21.0. The van der Waals surface area contributed by atoms with Crippen LogP contribution in [-0.4, -0.2) is 68.2 Å². The molecular weight excluding hydrogens is 514 g/mol. The quantitative estimate of drug-likeness (QED) is 0.356. The average molecular weight is 548 g/mol. The van der Waals surface area contributed by atoms with Crippen LogP contribution in [0.2, 0.25) is 5.02 Å². The monoisotopic (exact) mass is 547 g/mol. The van der Waals surface area contributed by atoms with Crippen LogP contribution in [0, 0.1) is 0 Å². The summed E-state index contributed by atoms with van der Waals surface area (Å²) >= 11 is 5.84. The van der Waals surface area contributed by atoms with Gasteiger partial charge in [0.05, 0.1) is 15.9 Å². The number of carbonyl (C=O) groups is 1. The van der Waals surface area contributed by atoms with E-state index in [4.69, 9.17) is 27.1 Å². The number of nitrogens with zero attached hydrogens (tertiary/aromatic N) is 3. The minimum atomic E-state index is -3.74. The Morgan fingerprint density at radius 1 is 1.24 bits per heavy atom. The number of hydrogen-bond donors (Lipinski definition) is 2. The molecule has 4 rings (SSSR count). The topological polar surface area (TPSA) is 120 Å². The highest BCUT2D eigenvalue weighted by molar-refractivity contribution is 7.89. The van der Waals surface area contributed by atoms with Gasteiger partial charge in [-0.3, -0.25) is 4.79 Å². The normalized spacial score (nSPS) is 17.3. The van der Waals surface area contributed by atoms with Gasteiger partial charge in [-0.1, -0.05) is 23.7 Å². The molecule has 0 saturated carbocycles. The van der Waals surface area contributed by atoms with Crippen LogP contribution < -0.4 is 10.5 Å². The summed E-state index contributed by atoms with van der Waals surface area (Å²) in [6.07, 6.45) is 2.75. The van der Waals surface area contributed by atoms with Gasteiger partial charge in [-0.2, -0.15) is 0 Å². The lowest BCUT2D eigenvalue weighted by molar-refractivity contribution is -0.132. The molecule has 1 fully saturated rings. The molecule has 11 heteroatoms. The Balaban J connectivity index is 1.38. The Labute approximate surface area is 223 Å². The third-order valence-corrected chi connectivity index (χ3v) is 8.34. The minimum absolute atomic E-state index is 0.0384. The number of likely N-dealkylation sites (tertiary alicyclic amines) is 1. The molecule has 1 aliphatic heterocycles. The van der Waals surface area contributed by atoms with E-state index in [0.29, 0.717) is 24.7 Å². The van der Waals surface area contributed by atoms with E-state index in [1.54, 1.807) is 7.11 Å². The van der Waals surface area contributed by atoms with Crippen molar-refractivity contribution >= 4 is 38.6 Å². The van der Waals surface area contributed by atoms with E-state index < -0.39 is 16.1 Å². The van der Waals surface area contributed by atoms with Gasteiger partial charge in [0.25, 0.3) is 0 Å². The number of fused-ring (bicyclic) bond motifs is 1. The fourth-order valence-electron chi connectivity index (χ4n) is 4.76. The predicted octanol–water partition coefficient (Wildman–Crippen LogP) is 3.13. The second-order valence-corrected chi connectivity index (χ2v) is 11.6. The number of benzene rings is 2. The van der Waals surface area contributed by atoms with Crippen LogP contribution in [0.25, 0.3) is 11.0 Å². The molecule has 37 heavy (non-hydrogen) atoms. The van der Waals surface area contributed by atoms with Gasteiger partial charge in [-0.15, -0.1) is 0 Å². The van der Waals surface area contributed by atoms with Crippen molar-refractivity contribution in [3.05, 3.63) is 59.4 Å². The molecule has 2 aromatic carbocycles. The van der Waals surface area contributed by atoms with Crippen LogP contribution in [0.15, 0.2) is 53.4 Å². The Kier molecular flexibility index (Phi) is 9.20. The maximum atomic E-state index is 13.1. The summed E-state index contributed by atoms with van der Waals surface area (Å²) in [5.41, 5.74) is 8.20. The number of nitrogens with one attached hydrogen (secondary N) is 1. The Hall–Kier alpha value is -2.50. The van der Waals surface area contributed by atoms with E-state index in [0.717, 1.165) is 42.7 Å². The number of piperidine rings is 1. The zero-order chi connectivity index (χ0) is 26.4. The lowest BCUT2D eigenvalue weighted by atomic mass is 9.96. The summed E-state index contributed by atoms with van der Waals surface area (Å²) in [6.45, 7) is 2.65. The highest BCUT2D eigenvalue weighted by Crippen LogP contribution is 2.30. The maximum absolute atomic E-state index is 13.1. The number of hydrogen-bond acceptors (Lipinski definition) is 6. The average Bonchev–Trinajstić information content (AvgIpc) is 3.27. The van der Waals surface area contributed by atoms with Crippen molar-refractivity contribution in [3.63, 3.8) is 0 Å². The summed E-state index contributed by atoms with van der Waals surface area (Å²) in [7, 11) is -2.04. The van der Waals surface area contributed by atoms with Crippen LogP contribution in [0.3, 0.4) is 0 Å². The van der Waals surface area contributed by atoms with E-state index in [1.165, 1.54) is 24.3 Å². The van der Waals surface area contributed by atoms with Crippen molar-refractivity contribution in [3.8, 4) is 0 Å². The number of para-hydroxylation sites is 2. The Bertz CT molecular complexity index is 1310. The van der Waals surface area contributed by atoms with Crippen molar-refractivity contribution in [1.82, 2.24) is 19.2 Å². The van der Waals surface area contributed by atoms with Gasteiger partial charge in [-0.25, -0.2) is 18.1 Å². The van der Waals surface area contributed by atoms with Crippen molar-refractivity contribution in [2.24, 2.45) is 5.73 Å². The standard InChI is InChI=1S/C26H34ClN5O4S/c1-36-15-5-14-32-24-8-3-2-7-23(24)30-26(32)19-6-4-13-31(18-19)25(33)16-21(28)17-29-37(34,35)22-11-9-20(27)10-12-22/h2-3,7-12,19,21,29H,4-6,13-18,28H2,1H3/t19-,21+/m1/s1. The number of halogens is 1. The minimum Gasteiger partial charge on any atom is -0.385 e.